The van der Waals surface area contributed by atoms with E-state index in [0.717, 1.165) is 12.8 Å². The Morgan fingerprint density at radius 3 is 1.64 bits per heavy atom. The molecule has 0 heterocycles. The lowest BCUT2D eigenvalue weighted by molar-refractivity contribution is -0.111. The number of aldehydes is 1. The highest BCUT2D eigenvalue weighted by Gasteiger charge is 1.92. The number of unbranched alkanes of at least 4 members (excludes halogenated alkanes) is 12. The average molecular weight is 347 g/mol. The summed E-state index contributed by atoms with van der Waals surface area (Å²) in [5.74, 6) is -0.109. The van der Waals surface area contributed by atoms with Crippen molar-refractivity contribution in [1.82, 2.24) is 0 Å². The van der Waals surface area contributed by atoms with Gasteiger partial charge in [0.1, 0.15) is 6.29 Å². The summed E-state index contributed by atoms with van der Waals surface area (Å²) in [5, 5.41) is 0. The van der Waals surface area contributed by atoms with E-state index < -0.39 is 0 Å². The molecule has 0 atom stereocenters. The molecule has 0 rings (SSSR count). The van der Waals surface area contributed by atoms with Crippen LogP contribution in [-0.2, 0) is 9.59 Å². The predicted octanol–water partition coefficient (Wildman–Crippen LogP) is 6.90. The summed E-state index contributed by atoms with van der Waals surface area (Å²) in [6.45, 7) is 2.26. The minimum atomic E-state index is -0.109. The summed E-state index contributed by atoms with van der Waals surface area (Å²) in [7, 11) is 0. The van der Waals surface area contributed by atoms with Crippen LogP contribution in [0.3, 0.4) is 0 Å². The van der Waals surface area contributed by atoms with E-state index in [1.807, 2.05) is 6.08 Å². The molecule has 0 aromatic heterocycles. The molecule has 142 valence electrons. The molecule has 2 nitrogen and oxygen atoms in total. The van der Waals surface area contributed by atoms with Crippen LogP contribution in [0.25, 0.3) is 0 Å². The van der Waals surface area contributed by atoms with Gasteiger partial charge in [-0.15, -0.1) is 0 Å². The van der Waals surface area contributed by atoms with E-state index in [1.165, 1.54) is 89.2 Å². The second kappa shape index (κ2) is 20.6. The third kappa shape index (κ3) is 20.5. The summed E-state index contributed by atoms with van der Waals surface area (Å²) in [6.07, 6.45) is 29.2. The predicted molar refractivity (Wildman–Crippen MR) is 109 cm³/mol. The van der Waals surface area contributed by atoms with E-state index in [4.69, 9.17) is 0 Å². The van der Waals surface area contributed by atoms with Gasteiger partial charge >= 0.3 is 0 Å². The van der Waals surface area contributed by atoms with Gasteiger partial charge in [0.15, 0.2) is 5.78 Å². The summed E-state index contributed by atoms with van der Waals surface area (Å²) < 4.78 is 0. The summed E-state index contributed by atoms with van der Waals surface area (Å²) in [6, 6.07) is 0. The second-order valence-electron chi connectivity index (χ2n) is 6.67. The standard InChI is InChI=1S/C23H38O2/c1-2-3-4-5-6-7-8-9-10-11-12-13-14-15-16-17-18-20-23(25)21-19-22-24/h7-8,18-22H,2-6,9-17H2,1H3. The van der Waals surface area contributed by atoms with E-state index in [-0.39, 0.29) is 5.78 Å². The molecule has 0 aromatic rings. The van der Waals surface area contributed by atoms with Crippen molar-refractivity contribution in [3.05, 3.63) is 36.5 Å². The Kier molecular flexibility index (Phi) is 19.4. The topological polar surface area (TPSA) is 34.1 Å². The lowest BCUT2D eigenvalue weighted by Gasteiger charge is -2.00. The third-order valence-electron chi connectivity index (χ3n) is 4.25. The van der Waals surface area contributed by atoms with Gasteiger partial charge in [-0.3, -0.25) is 9.59 Å². The second-order valence-corrected chi connectivity index (χ2v) is 6.67. The van der Waals surface area contributed by atoms with Crippen molar-refractivity contribution < 1.29 is 9.59 Å². The Labute approximate surface area is 155 Å². The molecular weight excluding hydrogens is 308 g/mol. The number of hydrogen-bond donors (Lipinski definition) is 0. The van der Waals surface area contributed by atoms with Crippen molar-refractivity contribution in [2.45, 2.75) is 96.8 Å². The van der Waals surface area contributed by atoms with Gasteiger partial charge in [-0.25, -0.2) is 0 Å². The molecular formula is C23H38O2. The zero-order chi connectivity index (χ0) is 18.4. The Hall–Kier alpha value is -1.44. The lowest BCUT2D eigenvalue weighted by Crippen LogP contribution is -1.85. The van der Waals surface area contributed by atoms with Crippen molar-refractivity contribution in [2.24, 2.45) is 0 Å². The molecule has 0 saturated heterocycles. The van der Waals surface area contributed by atoms with Crippen LogP contribution in [0.1, 0.15) is 96.8 Å². The Morgan fingerprint density at radius 1 is 0.640 bits per heavy atom. The van der Waals surface area contributed by atoms with Crippen LogP contribution in [0.4, 0.5) is 0 Å². The number of carbonyl (C=O) groups is 2. The van der Waals surface area contributed by atoms with E-state index in [9.17, 15) is 9.59 Å². The number of carbonyl (C=O) groups excluding carboxylic acids is 2. The van der Waals surface area contributed by atoms with Gasteiger partial charge < -0.3 is 0 Å². The van der Waals surface area contributed by atoms with Gasteiger partial charge in [0.05, 0.1) is 0 Å². The van der Waals surface area contributed by atoms with Gasteiger partial charge in [-0.1, -0.05) is 76.5 Å². The van der Waals surface area contributed by atoms with E-state index in [2.05, 4.69) is 19.1 Å². The van der Waals surface area contributed by atoms with Crippen molar-refractivity contribution >= 4 is 12.1 Å². The molecule has 0 fully saturated rings. The molecule has 0 aliphatic carbocycles. The van der Waals surface area contributed by atoms with Crippen LogP contribution in [0.2, 0.25) is 0 Å². The van der Waals surface area contributed by atoms with E-state index in [1.54, 1.807) is 6.08 Å². The molecule has 0 aromatic carbocycles. The van der Waals surface area contributed by atoms with Gasteiger partial charge in [0.2, 0.25) is 0 Å². The molecule has 0 N–H and O–H groups in total. The first-order chi connectivity index (χ1) is 12.3. The number of ketones is 1. The highest BCUT2D eigenvalue weighted by molar-refractivity contribution is 6.00. The van der Waals surface area contributed by atoms with Gasteiger partial charge in [0.25, 0.3) is 0 Å². The maximum absolute atomic E-state index is 11.2. The SMILES string of the molecule is CCCCCCC=CCCCCCCCCCC=CC(=O)C=CC=O. The normalized spacial score (nSPS) is 11.9. The highest BCUT2D eigenvalue weighted by atomic mass is 16.1. The fourth-order valence-electron chi connectivity index (χ4n) is 2.72. The summed E-state index contributed by atoms with van der Waals surface area (Å²) in [4.78, 5) is 21.3. The Bertz CT molecular complexity index is 391. The van der Waals surface area contributed by atoms with Crippen molar-refractivity contribution in [1.29, 1.82) is 0 Å². The first-order valence-corrected chi connectivity index (χ1v) is 10.3. The monoisotopic (exact) mass is 346 g/mol. The number of allylic oxidation sites excluding steroid dienone is 6. The zero-order valence-corrected chi connectivity index (χ0v) is 16.3. The van der Waals surface area contributed by atoms with Crippen molar-refractivity contribution in [2.75, 3.05) is 0 Å². The lowest BCUT2D eigenvalue weighted by atomic mass is 10.1. The van der Waals surface area contributed by atoms with Crippen molar-refractivity contribution in [3.63, 3.8) is 0 Å². The molecule has 0 bridgehead atoms. The third-order valence-corrected chi connectivity index (χ3v) is 4.25. The average Bonchev–Trinajstić information content (AvgIpc) is 2.62. The van der Waals surface area contributed by atoms with Crippen molar-refractivity contribution in [3.8, 4) is 0 Å². The molecule has 0 unspecified atom stereocenters. The molecule has 0 aliphatic heterocycles. The molecule has 0 spiro atoms. The molecule has 2 heteroatoms. The van der Waals surface area contributed by atoms with Gasteiger partial charge in [-0.2, -0.15) is 0 Å². The minimum Gasteiger partial charge on any atom is -0.299 e. The maximum Gasteiger partial charge on any atom is 0.178 e. The zero-order valence-electron chi connectivity index (χ0n) is 16.3. The van der Waals surface area contributed by atoms with Crippen LogP contribution in [0, 0.1) is 0 Å². The van der Waals surface area contributed by atoms with Crippen LogP contribution < -0.4 is 0 Å². The maximum atomic E-state index is 11.2. The highest BCUT2D eigenvalue weighted by Crippen LogP contribution is 2.10. The fourth-order valence-corrected chi connectivity index (χ4v) is 2.72. The van der Waals surface area contributed by atoms with Crippen LogP contribution >= 0.6 is 0 Å². The molecule has 25 heavy (non-hydrogen) atoms. The molecule has 0 saturated carbocycles. The quantitative estimate of drug-likeness (QED) is 0.117. The van der Waals surface area contributed by atoms with Crippen LogP contribution in [-0.4, -0.2) is 12.1 Å². The fraction of sp³-hybridized carbons (Fsp3) is 0.652. The Balaban J connectivity index is 3.25. The largest absolute Gasteiger partial charge is 0.299 e. The smallest absolute Gasteiger partial charge is 0.178 e. The first-order valence-electron chi connectivity index (χ1n) is 10.3. The number of rotatable bonds is 18. The Morgan fingerprint density at radius 2 is 1.12 bits per heavy atom. The van der Waals surface area contributed by atoms with E-state index >= 15 is 0 Å². The summed E-state index contributed by atoms with van der Waals surface area (Å²) >= 11 is 0. The van der Waals surface area contributed by atoms with Crippen LogP contribution in [0.15, 0.2) is 36.5 Å². The first kappa shape index (κ1) is 23.6. The molecule has 0 amide bonds. The van der Waals surface area contributed by atoms with Gasteiger partial charge in [0, 0.05) is 0 Å². The van der Waals surface area contributed by atoms with E-state index in [0.29, 0.717) is 6.29 Å². The van der Waals surface area contributed by atoms with Gasteiger partial charge in [-0.05, 0) is 56.8 Å². The van der Waals surface area contributed by atoms with Crippen LogP contribution in [0.5, 0.6) is 0 Å². The molecule has 0 radical (unpaired) electrons. The number of hydrogen-bond acceptors (Lipinski definition) is 2. The minimum absolute atomic E-state index is 0.109. The molecule has 0 aliphatic rings. The summed E-state index contributed by atoms with van der Waals surface area (Å²) in [5.41, 5.74) is 0.